The van der Waals surface area contributed by atoms with Crippen LogP contribution in [0.1, 0.15) is 42.2 Å². The van der Waals surface area contributed by atoms with Gasteiger partial charge in [-0.25, -0.2) is 4.98 Å². The lowest BCUT2D eigenvalue weighted by molar-refractivity contribution is 0.0936. The molecule has 0 bridgehead atoms. The molecule has 0 radical (unpaired) electrons. The summed E-state index contributed by atoms with van der Waals surface area (Å²) in [6.45, 7) is 4.65. The first-order valence-electron chi connectivity index (χ1n) is 8.85. The van der Waals surface area contributed by atoms with Crippen molar-refractivity contribution in [3.63, 3.8) is 0 Å². The minimum Gasteiger partial charge on any atom is -0.494 e. The number of amides is 1. The molecule has 1 heterocycles. The third kappa shape index (κ3) is 3.94. The van der Waals surface area contributed by atoms with Crippen molar-refractivity contribution in [3.05, 3.63) is 72.1 Å². The highest BCUT2D eigenvalue weighted by molar-refractivity contribution is 6.00. The third-order valence-electron chi connectivity index (χ3n) is 4.23. The molecule has 0 aliphatic heterocycles. The average molecular weight is 349 g/mol. The topological polar surface area (TPSA) is 67.0 Å². The average Bonchev–Trinajstić information content (AvgIpc) is 3.21. The number of H-pyrrole nitrogens is 1. The second kappa shape index (κ2) is 8.34. The highest BCUT2D eigenvalue weighted by Gasteiger charge is 2.18. The molecular formula is C21H23N3O2. The van der Waals surface area contributed by atoms with E-state index in [0.717, 1.165) is 23.3 Å². The number of imidazole rings is 1. The van der Waals surface area contributed by atoms with Crippen LogP contribution in [0.25, 0.3) is 11.4 Å². The van der Waals surface area contributed by atoms with E-state index in [2.05, 4.69) is 22.2 Å². The number of ether oxygens (including phenoxy) is 1. The number of aromatic nitrogens is 2. The zero-order chi connectivity index (χ0) is 18.4. The fourth-order valence-electron chi connectivity index (χ4n) is 2.92. The van der Waals surface area contributed by atoms with Crippen LogP contribution >= 0.6 is 0 Å². The molecule has 3 rings (SSSR count). The van der Waals surface area contributed by atoms with E-state index in [1.54, 1.807) is 12.4 Å². The Bertz CT molecular complexity index is 842. The summed E-state index contributed by atoms with van der Waals surface area (Å²) in [4.78, 5) is 20.2. The SMILES string of the molecule is CCOc1ccc([C@H](CC)NC(=O)c2ccccc2-c2ncc[nH]2)cc1. The lowest BCUT2D eigenvalue weighted by Gasteiger charge is -2.19. The molecule has 1 aromatic heterocycles. The molecule has 5 nitrogen and oxygen atoms in total. The van der Waals surface area contributed by atoms with Gasteiger partial charge in [0.15, 0.2) is 0 Å². The molecule has 0 saturated heterocycles. The molecular weight excluding hydrogens is 326 g/mol. The van der Waals surface area contributed by atoms with Crippen LogP contribution in [0.5, 0.6) is 5.75 Å². The fraction of sp³-hybridized carbons (Fsp3) is 0.238. The first-order valence-corrected chi connectivity index (χ1v) is 8.85. The van der Waals surface area contributed by atoms with Crippen molar-refractivity contribution in [2.24, 2.45) is 0 Å². The first-order chi connectivity index (χ1) is 12.7. The zero-order valence-corrected chi connectivity index (χ0v) is 15.0. The van der Waals surface area contributed by atoms with Crippen LogP contribution in [-0.2, 0) is 0 Å². The summed E-state index contributed by atoms with van der Waals surface area (Å²) in [5.41, 5.74) is 2.45. The molecule has 2 N–H and O–H groups in total. The smallest absolute Gasteiger partial charge is 0.252 e. The molecule has 1 atom stereocenters. The fourth-order valence-corrected chi connectivity index (χ4v) is 2.92. The predicted molar refractivity (Wildman–Crippen MR) is 102 cm³/mol. The summed E-state index contributed by atoms with van der Waals surface area (Å²) in [5, 5.41) is 3.13. The standard InChI is InChI=1S/C21H23N3O2/c1-3-19(15-9-11-16(12-10-15)26-4-2)24-21(25)18-8-6-5-7-17(18)20-22-13-14-23-20/h5-14,19H,3-4H2,1-2H3,(H,22,23)(H,24,25)/t19-/m0/s1. The number of benzene rings is 2. The summed E-state index contributed by atoms with van der Waals surface area (Å²) >= 11 is 0. The Morgan fingerprint density at radius 3 is 2.58 bits per heavy atom. The minimum atomic E-state index is -0.113. The van der Waals surface area contributed by atoms with Gasteiger partial charge >= 0.3 is 0 Å². The molecule has 1 amide bonds. The minimum absolute atomic E-state index is 0.0668. The van der Waals surface area contributed by atoms with Crippen LogP contribution in [-0.4, -0.2) is 22.5 Å². The van der Waals surface area contributed by atoms with Crippen molar-refractivity contribution in [2.45, 2.75) is 26.3 Å². The number of rotatable bonds is 7. The lowest BCUT2D eigenvalue weighted by Crippen LogP contribution is -2.28. The van der Waals surface area contributed by atoms with Crippen molar-refractivity contribution in [3.8, 4) is 17.1 Å². The Morgan fingerprint density at radius 2 is 1.92 bits per heavy atom. The maximum atomic E-state index is 12.9. The number of carbonyl (C=O) groups is 1. The Hall–Kier alpha value is -3.08. The van der Waals surface area contributed by atoms with E-state index in [1.165, 1.54) is 0 Å². The van der Waals surface area contributed by atoms with Gasteiger partial charge in [-0.1, -0.05) is 37.3 Å². The summed E-state index contributed by atoms with van der Waals surface area (Å²) in [5.74, 6) is 1.41. The molecule has 0 fully saturated rings. The van der Waals surface area contributed by atoms with Gasteiger partial charge in [0.25, 0.3) is 5.91 Å². The summed E-state index contributed by atoms with van der Waals surface area (Å²) in [6.07, 6.45) is 4.22. The van der Waals surface area contributed by atoms with Crippen LogP contribution in [0.15, 0.2) is 60.9 Å². The summed E-state index contributed by atoms with van der Waals surface area (Å²) in [6, 6.07) is 15.3. The van der Waals surface area contributed by atoms with Crippen LogP contribution in [0.4, 0.5) is 0 Å². The van der Waals surface area contributed by atoms with Gasteiger partial charge in [-0.2, -0.15) is 0 Å². The maximum Gasteiger partial charge on any atom is 0.252 e. The number of carbonyl (C=O) groups excluding carboxylic acids is 1. The Labute approximate surface area is 153 Å². The van der Waals surface area contributed by atoms with Gasteiger partial charge in [0, 0.05) is 18.0 Å². The molecule has 0 saturated carbocycles. The molecule has 2 aromatic carbocycles. The Kier molecular flexibility index (Phi) is 5.69. The number of hydrogen-bond acceptors (Lipinski definition) is 3. The third-order valence-corrected chi connectivity index (χ3v) is 4.23. The highest BCUT2D eigenvalue weighted by atomic mass is 16.5. The van der Waals surface area contributed by atoms with E-state index in [-0.39, 0.29) is 11.9 Å². The van der Waals surface area contributed by atoms with Crippen molar-refractivity contribution >= 4 is 5.91 Å². The van der Waals surface area contributed by atoms with Crippen LogP contribution in [0.2, 0.25) is 0 Å². The normalized spacial score (nSPS) is 11.8. The molecule has 0 spiro atoms. The van der Waals surface area contributed by atoms with E-state index in [1.807, 2.05) is 55.5 Å². The van der Waals surface area contributed by atoms with E-state index in [9.17, 15) is 4.79 Å². The van der Waals surface area contributed by atoms with Gasteiger partial charge in [-0.15, -0.1) is 0 Å². The molecule has 26 heavy (non-hydrogen) atoms. The second-order valence-electron chi connectivity index (χ2n) is 5.92. The van der Waals surface area contributed by atoms with Crippen molar-refractivity contribution in [1.82, 2.24) is 15.3 Å². The summed E-state index contributed by atoms with van der Waals surface area (Å²) < 4.78 is 5.48. The lowest BCUT2D eigenvalue weighted by atomic mass is 10.0. The van der Waals surface area contributed by atoms with Crippen LogP contribution < -0.4 is 10.1 Å². The van der Waals surface area contributed by atoms with E-state index in [0.29, 0.717) is 18.0 Å². The van der Waals surface area contributed by atoms with E-state index >= 15 is 0 Å². The number of nitrogens with one attached hydrogen (secondary N) is 2. The Balaban J connectivity index is 1.80. The van der Waals surface area contributed by atoms with Crippen molar-refractivity contribution < 1.29 is 9.53 Å². The second-order valence-corrected chi connectivity index (χ2v) is 5.92. The summed E-state index contributed by atoms with van der Waals surface area (Å²) in [7, 11) is 0. The number of aromatic amines is 1. The molecule has 0 aliphatic carbocycles. The Morgan fingerprint density at radius 1 is 1.15 bits per heavy atom. The van der Waals surface area contributed by atoms with Gasteiger partial charge < -0.3 is 15.0 Å². The number of hydrogen-bond donors (Lipinski definition) is 2. The van der Waals surface area contributed by atoms with E-state index < -0.39 is 0 Å². The molecule has 134 valence electrons. The van der Waals surface area contributed by atoms with E-state index in [4.69, 9.17) is 4.74 Å². The largest absolute Gasteiger partial charge is 0.494 e. The monoisotopic (exact) mass is 349 g/mol. The van der Waals surface area contributed by atoms with Crippen molar-refractivity contribution in [2.75, 3.05) is 6.61 Å². The van der Waals surface area contributed by atoms with Crippen LogP contribution in [0.3, 0.4) is 0 Å². The number of nitrogens with zero attached hydrogens (tertiary/aromatic N) is 1. The van der Waals surface area contributed by atoms with Gasteiger partial charge in [0.2, 0.25) is 0 Å². The van der Waals surface area contributed by atoms with Gasteiger partial charge in [0.05, 0.1) is 18.2 Å². The predicted octanol–water partition coefficient (Wildman–Crippen LogP) is 4.36. The van der Waals surface area contributed by atoms with Gasteiger partial charge in [0.1, 0.15) is 11.6 Å². The highest BCUT2D eigenvalue weighted by Crippen LogP contribution is 2.23. The van der Waals surface area contributed by atoms with Gasteiger partial charge in [-0.05, 0) is 37.1 Å². The quantitative estimate of drug-likeness (QED) is 0.666. The first kappa shape index (κ1) is 17.7. The van der Waals surface area contributed by atoms with Crippen LogP contribution in [0, 0.1) is 0 Å². The molecule has 5 heteroatoms. The molecule has 0 unspecified atom stereocenters. The molecule has 3 aromatic rings. The van der Waals surface area contributed by atoms with Gasteiger partial charge in [-0.3, -0.25) is 4.79 Å². The van der Waals surface area contributed by atoms with Crippen molar-refractivity contribution in [1.29, 1.82) is 0 Å². The molecule has 0 aliphatic rings. The zero-order valence-electron chi connectivity index (χ0n) is 15.0. The maximum absolute atomic E-state index is 12.9.